The summed E-state index contributed by atoms with van der Waals surface area (Å²) >= 11 is 1.49. The Kier molecular flexibility index (Phi) is 8.53. The summed E-state index contributed by atoms with van der Waals surface area (Å²) in [6, 6.07) is 27.2. The van der Waals surface area contributed by atoms with Gasteiger partial charge >= 0.3 is 6.09 Å². The summed E-state index contributed by atoms with van der Waals surface area (Å²) in [5.74, 6) is -0.126. The molecule has 40 heavy (non-hydrogen) atoms. The molecule has 3 atom stereocenters. The van der Waals surface area contributed by atoms with Crippen LogP contribution in [0.2, 0.25) is 0 Å². The fraction of sp³-hybridized carbons (Fsp3) is 0.161. The summed E-state index contributed by atoms with van der Waals surface area (Å²) in [6.07, 6.45) is 2.74. The van der Waals surface area contributed by atoms with Gasteiger partial charge < -0.3 is 15.8 Å². The fourth-order valence-electron chi connectivity index (χ4n) is 4.44. The summed E-state index contributed by atoms with van der Waals surface area (Å²) in [6.45, 7) is 0.0989. The van der Waals surface area contributed by atoms with Crippen molar-refractivity contribution in [2.24, 2.45) is 5.73 Å². The first-order valence-electron chi connectivity index (χ1n) is 12.8. The van der Waals surface area contributed by atoms with Crippen molar-refractivity contribution in [3.05, 3.63) is 132 Å². The molecule has 1 aliphatic heterocycles. The maximum absolute atomic E-state index is 13.4. The summed E-state index contributed by atoms with van der Waals surface area (Å²) < 4.78 is 5.63. The zero-order valence-electron chi connectivity index (χ0n) is 21.6. The van der Waals surface area contributed by atoms with Crippen LogP contribution in [0.15, 0.2) is 109 Å². The van der Waals surface area contributed by atoms with E-state index in [4.69, 9.17) is 10.5 Å². The molecule has 1 aliphatic rings. The van der Waals surface area contributed by atoms with E-state index in [0.29, 0.717) is 22.6 Å². The van der Waals surface area contributed by atoms with Crippen molar-refractivity contribution in [2.45, 2.75) is 24.1 Å². The second-order valence-corrected chi connectivity index (χ2v) is 10.4. The number of carbonyl (C=O) groups is 3. The van der Waals surface area contributed by atoms with E-state index in [-0.39, 0.29) is 18.3 Å². The van der Waals surface area contributed by atoms with E-state index in [1.54, 1.807) is 60.9 Å². The van der Waals surface area contributed by atoms with Gasteiger partial charge in [0.1, 0.15) is 18.0 Å². The molecular formula is C31H28N4O4S. The van der Waals surface area contributed by atoms with Crippen molar-refractivity contribution < 1.29 is 19.1 Å². The number of ketones is 1. The van der Waals surface area contributed by atoms with E-state index >= 15 is 0 Å². The SMILES string of the molecule is NC(C(=O)c1ccccc1)c1ccc(NC(=O)C2CSC(c3ccncc3)N2C(=O)OCc2ccccc2)cc1. The second kappa shape index (κ2) is 12.6. The first-order chi connectivity index (χ1) is 19.5. The molecule has 1 fully saturated rings. The molecule has 3 aromatic carbocycles. The Balaban J connectivity index is 1.29. The fourth-order valence-corrected chi connectivity index (χ4v) is 5.86. The number of anilines is 1. The normalized spacial score (nSPS) is 17.2. The number of Topliss-reactive ketones (excluding diaryl/α,β-unsaturated/α-hetero) is 1. The van der Waals surface area contributed by atoms with Gasteiger partial charge in [0.2, 0.25) is 5.91 Å². The van der Waals surface area contributed by atoms with Gasteiger partial charge in [-0.1, -0.05) is 72.8 Å². The molecule has 2 heterocycles. The Morgan fingerprint density at radius 1 is 0.925 bits per heavy atom. The number of carbonyl (C=O) groups excluding carboxylic acids is 3. The molecular weight excluding hydrogens is 524 g/mol. The number of nitrogens with two attached hydrogens (primary N) is 1. The van der Waals surface area contributed by atoms with Crippen LogP contribution in [0.4, 0.5) is 10.5 Å². The van der Waals surface area contributed by atoms with Gasteiger partial charge in [-0.15, -0.1) is 11.8 Å². The Morgan fingerprint density at radius 3 is 2.25 bits per heavy atom. The van der Waals surface area contributed by atoms with Gasteiger partial charge in [-0.3, -0.25) is 19.5 Å². The van der Waals surface area contributed by atoms with Crippen LogP contribution < -0.4 is 11.1 Å². The topological polar surface area (TPSA) is 115 Å². The highest BCUT2D eigenvalue weighted by molar-refractivity contribution is 7.99. The summed E-state index contributed by atoms with van der Waals surface area (Å²) in [5, 5.41) is 2.50. The molecule has 0 saturated carbocycles. The van der Waals surface area contributed by atoms with E-state index < -0.39 is 23.6 Å². The van der Waals surface area contributed by atoms with Crippen molar-refractivity contribution >= 4 is 35.2 Å². The van der Waals surface area contributed by atoms with Crippen LogP contribution in [0.3, 0.4) is 0 Å². The average Bonchev–Trinajstić information content (AvgIpc) is 3.47. The number of nitrogens with zero attached hydrogens (tertiary/aromatic N) is 2. The van der Waals surface area contributed by atoms with Crippen LogP contribution in [-0.2, 0) is 16.1 Å². The molecule has 0 radical (unpaired) electrons. The number of pyridine rings is 1. The Hall–Kier alpha value is -4.47. The molecule has 0 spiro atoms. The van der Waals surface area contributed by atoms with E-state index in [0.717, 1.165) is 11.1 Å². The van der Waals surface area contributed by atoms with E-state index in [2.05, 4.69) is 10.3 Å². The molecule has 1 aromatic heterocycles. The van der Waals surface area contributed by atoms with Crippen LogP contribution in [0.5, 0.6) is 0 Å². The van der Waals surface area contributed by atoms with Crippen molar-refractivity contribution in [1.82, 2.24) is 9.88 Å². The molecule has 9 heteroatoms. The van der Waals surface area contributed by atoms with Crippen molar-refractivity contribution in [2.75, 3.05) is 11.1 Å². The molecule has 4 aromatic rings. The standard InChI is InChI=1S/C31H28N4O4S/c32-27(28(36)23-9-5-2-6-10-23)22-11-13-25(14-12-22)34-29(37)26-20-40-30(24-15-17-33-18-16-24)35(26)31(38)39-19-21-7-3-1-4-8-21/h1-18,26-27,30H,19-20,32H2,(H,34,37). The third kappa shape index (κ3) is 6.22. The third-order valence-electron chi connectivity index (χ3n) is 6.59. The minimum absolute atomic E-state index is 0.0989. The van der Waals surface area contributed by atoms with Gasteiger partial charge in [-0.25, -0.2) is 4.79 Å². The maximum Gasteiger partial charge on any atom is 0.412 e. The molecule has 8 nitrogen and oxygen atoms in total. The first-order valence-corrected chi connectivity index (χ1v) is 13.8. The van der Waals surface area contributed by atoms with Gasteiger partial charge in [0.25, 0.3) is 0 Å². The smallest absolute Gasteiger partial charge is 0.412 e. The largest absolute Gasteiger partial charge is 0.444 e. The average molecular weight is 553 g/mol. The zero-order chi connectivity index (χ0) is 27.9. The summed E-state index contributed by atoms with van der Waals surface area (Å²) in [4.78, 5) is 45.0. The van der Waals surface area contributed by atoms with Gasteiger partial charge in [0.05, 0.1) is 6.04 Å². The number of ether oxygens (including phenoxy) is 1. The summed E-state index contributed by atoms with van der Waals surface area (Å²) in [5.41, 5.74) is 9.62. The summed E-state index contributed by atoms with van der Waals surface area (Å²) in [7, 11) is 0. The highest BCUT2D eigenvalue weighted by Crippen LogP contribution is 2.42. The Bertz CT molecular complexity index is 1450. The number of amides is 2. The predicted molar refractivity (Wildman–Crippen MR) is 154 cm³/mol. The van der Waals surface area contributed by atoms with E-state index in [1.807, 2.05) is 48.5 Å². The van der Waals surface area contributed by atoms with Crippen LogP contribution in [-0.4, -0.2) is 39.5 Å². The number of nitrogens with one attached hydrogen (secondary N) is 1. The van der Waals surface area contributed by atoms with Crippen LogP contribution in [0.25, 0.3) is 0 Å². The van der Waals surface area contributed by atoms with Gasteiger partial charge in [-0.05, 0) is 41.0 Å². The molecule has 3 unspecified atom stereocenters. The van der Waals surface area contributed by atoms with Crippen molar-refractivity contribution in [1.29, 1.82) is 0 Å². The van der Waals surface area contributed by atoms with Gasteiger partial charge in [0.15, 0.2) is 5.78 Å². The van der Waals surface area contributed by atoms with Crippen LogP contribution in [0.1, 0.15) is 38.5 Å². The minimum atomic E-state index is -0.825. The number of hydrogen-bond acceptors (Lipinski definition) is 7. The number of rotatable bonds is 8. The highest BCUT2D eigenvalue weighted by atomic mass is 32.2. The predicted octanol–water partition coefficient (Wildman–Crippen LogP) is 5.36. The number of thioether (sulfide) groups is 1. The molecule has 2 amide bonds. The lowest BCUT2D eigenvalue weighted by molar-refractivity contribution is -0.120. The Labute approximate surface area is 236 Å². The second-order valence-electron chi connectivity index (χ2n) is 9.25. The monoisotopic (exact) mass is 552 g/mol. The maximum atomic E-state index is 13.4. The third-order valence-corrected chi connectivity index (χ3v) is 7.91. The molecule has 0 aliphatic carbocycles. The lowest BCUT2D eigenvalue weighted by atomic mass is 9.98. The van der Waals surface area contributed by atoms with E-state index in [1.165, 1.54) is 16.7 Å². The van der Waals surface area contributed by atoms with Gasteiger partial charge in [-0.2, -0.15) is 0 Å². The highest BCUT2D eigenvalue weighted by Gasteiger charge is 2.43. The Morgan fingerprint density at radius 2 is 1.57 bits per heavy atom. The molecule has 1 saturated heterocycles. The van der Waals surface area contributed by atoms with Crippen LogP contribution >= 0.6 is 11.8 Å². The minimum Gasteiger partial charge on any atom is -0.444 e. The molecule has 0 bridgehead atoms. The quantitative estimate of drug-likeness (QED) is 0.283. The lowest BCUT2D eigenvalue weighted by Gasteiger charge is -2.28. The zero-order valence-corrected chi connectivity index (χ0v) is 22.4. The van der Waals surface area contributed by atoms with Crippen molar-refractivity contribution in [3.8, 4) is 0 Å². The van der Waals surface area contributed by atoms with E-state index in [9.17, 15) is 14.4 Å². The molecule has 3 N–H and O–H groups in total. The number of aromatic nitrogens is 1. The lowest BCUT2D eigenvalue weighted by Crippen LogP contribution is -2.45. The number of benzene rings is 3. The van der Waals surface area contributed by atoms with Crippen LogP contribution in [0, 0.1) is 0 Å². The first kappa shape index (κ1) is 27.1. The molecule has 202 valence electrons. The van der Waals surface area contributed by atoms with Gasteiger partial charge in [0, 0.05) is 29.4 Å². The van der Waals surface area contributed by atoms with Crippen molar-refractivity contribution in [3.63, 3.8) is 0 Å². The number of hydrogen-bond donors (Lipinski definition) is 2. The molecule has 5 rings (SSSR count).